The number of nitrogens with one attached hydrogen (secondary N) is 1. The molecule has 0 bridgehead atoms. The molecule has 0 saturated carbocycles. The number of aryl methyl sites for hydroxylation is 2. The summed E-state index contributed by atoms with van der Waals surface area (Å²) in [5.74, 6) is 1.08. The highest BCUT2D eigenvalue weighted by atomic mass is 16.1. The van der Waals surface area contributed by atoms with Crippen LogP contribution in [-0.2, 0) is 11.2 Å². The molecule has 2 nitrogen and oxygen atoms in total. The fourth-order valence-corrected chi connectivity index (χ4v) is 3.50. The normalized spacial score (nSPS) is 10.2. The van der Waals surface area contributed by atoms with Gasteiger partial charge in [-0.3, -0.25) is 4.79 Å². The van der Waals surface area contributed by atoms with Crippen molar-refractivity contribution in [3.05, 3.63) is 47.7 Å². The quantitative estimate of drug-likeness (QED) is 0.279. The maximum absolute atomic E-state index is 11.9. The smallest absolute Gasteiger partial charge is 0.155 e. The Bertz CT molecular complexity index is 607. The van der Waals surface area contributed by atoms with Crippen LogP contribution in [0, 0.1) is 12.8 Å². The molecule has 0 radical (unpaired) electrons. The number of carbonyl (C=O) groups is 1. The molecule has 0 aliphatic heterocycles. The van der Waals surface area contributed by atoms with E-state index < -0.39 is 0 Å². The van der Waals surface area contributed by atoms with Crippen molar-refractivity contribution in [3.8, 4) is 0 Å². The molecular weight excluding hydrogens is 426 g/mol. The van der Waals surface area contributed by atoms with Gasteiger partial charge in [-0.15, -0.1) is 0 Å². The van der Waals surface area contributed by atoms with Crippen LogP contribution in [0.25, 0.3) is 0 Å². The number of allylic oxidation sites excluding steroid dienone is 1. The Hall–Kier alpha value is -1.57. The van der Waals surface area contributed by atoms with Gasteiger partial charge in [0.15, 0.2) is 5.78 Å². The zero-order valence-corrected chi connectivity index (χ0v) is 25.8. The van der Waals surface area contributed by atoms with E-state index in [1.165, 1.54) is 43.2 Å². The van der Waals surface area contributed by atoms with Crippen molar-refractivity contribution in [2.24, 2.45) is 5.92 Å². The third-order valence-corrected chi connectivity index (χ3v) is 5.19. The van der Waals surface area contributed by atoms with Crippen LogP contribution in [0.2, 0.25) is 0 Å². The van der Waals surface area contributed by atoms with Gasteiger partial charge >= 0.3 is 0 Å². The minimum Gasteiger partial charge on any atom is -0.377 e. The van der Waals surface area contributed by atoms with Gasteiger partial charge < -0.3 is 5.32 Å². The molecule has 0 heterocycles. The molecule has 0 fully saturated rings. The van der Waals surface area contributed by atoms with Crippen molar-refractivity contribution in [1.29, 1.82) is 0 Å². The molecule has 2 heteroatoms. The minimum absolute atomic E-state index is 0.248. The van der Waals surface area contributed by atoms with Crippen LogP contribution < -0.4 is 5.32 Å². The van der Waals surface area contributed by atoms with Crippen molar-refractivity contribution >= 4 is 5.78 Å². The molecule has 0 aliphatic carbocycles. The molecule has 35 heavy (non-hydrogen) atoms. The number of ketones is 1. The van der Waals surface area contributed by atoms with Crippen molar-refractivity contribution in [1.82, 2.24) is 5.32 Å². The third kappa shape index (κ3) is 25.3. The summed E-state index contributed by atoms with van der Waals surface area (Å²) in [6.07, 6.45) is 12.8. The van der Waals surface area contributed by atoms with Crippen LogP contribution in [0.3, 0.4) is 0 Å². The molecule has 0 aromatic heterocycles. The molecule has 0 atom stereocenters. The van der Waals surface area contributed by atoms with Crippen LogP contribution in [0.4, 0.5) is 0 Å². The lowest BCUT2D eigenvalue weighted by molar-refractivity contribution is -0.123. The van der Waals surface area contributed by atoms with Crippen molar-refractivity contribution in [2.75, 3.05) is 0 Å². The summed E-state index contributed by atoms with van der Waals surface area (Å²) < 4.78 is 0. The first-order valence-corrected chi connectivity index (χ1v) is 14.5. The fourth-order valence-electron chi connectivity index (χ4n) is 3.50. The van der Waals surface area contributed by atoms with Gasteiger partial charge in [-0.25, -0.2) is 0 Å². The topological polar surface area (TPSA) is 29.1 Å². The van der Waals surface area contributed by atoms with E-state index >= 15 is 0 Å². The summed E-state index contributed by atoms with van der Waals surface area (Å²) in [6, 6.07) is 8.82. The summed E-state index contributed by atoms with van der Waals surface area (Å²) >= 11 is 0. The van der Waals surface area contributed by atoms with E-state index in [4.69, 9.17) is 0 Å². The van der Waals surface area contributed by atoms with E-state index in [9.17, 15) is 4.79 Å². The van der Waals surface area contributed by atoms with E-state index in [1.807, 2.05) is 6.92 Å². The molecule has 0 spiro atoms. The van der Waals surface area contributed by atoms with Gasteiger partial charge in [-0.2, -0.15) is 0 Å². The number of hydrogen-bond donors (Lipinski definition) is 1. The van der Waals surface area contributed by atoms with Gasteiger partial charge in [0, 0.05) is 5.70 Å². The van der Waals surface area contributed by atoms with Gasteiger partial charge in [-0.1, -0.05) is 137 Å². The minimum atomic E-state index is -0.363. The van der Waals surface area contributed by atoms with Crippen molar-refractivity contribution in [2.45, 2.75) is 152 Å². The first kappa shape index (κ1) is 38.0. The molecule has 0 unspecified atom stereocenters. The lowest BCUT2D eigenvalue weighted by Crippen LogP contribution is -2.50. The summed E-state index contributed by atoms with van der Waals surface area (Å²) in [5, 5.41) is 3.32. The highest BCUT2D eigenvalue weighted by molar-refractivity contribution is 5.86. The Balaban J connectivity index is -0.000000471. The van der Waals surface area contributed by atoms with E-state index in [2.05, 4.69) is 98.5 Å². The Morgan fingerprint density at radius 2 is 1.34 bits per heavy atom. The van der Waals surface area contributed by atoms with Crippen LogP contribution in [0.5, 0.6) is 0 Å². The van der Waals surface area contributed by atoms with Gasteiger partial charge in [-0.05, 0) is 57.9 Å². The van der Waals surface area contributed by atoms with E-state index in [0.29, 0.717) is 0 Å². The van der Waals surface area contributed by atoms with Gasteiger partial charge in [0.1, 0.15) is 0 Å². The second-order valence-electron chi connectivity index (χ2n) is 10.6. The van der Waals surface area contributed by atoms with Gasteiger partial charge in [0.25, 0.3) is 0 Å². The fraction of sp³-hybridized carbons (Fsp3) is 0.727. The Labute approximate surface area is 221 Å². The molecule has 0 amide bonds. The molecule has 1 aromatic rings. The second-order valence-corrected chi connectivity index (χ2v) is 10.6. The van der Waals surface area contributed by atoms with Crippen LogP contribution in [0.1, 0.15) is 145 Å². The molecule has 1 rings (SSSR count). The van der Waals surface area contributed by atoms with Gasteiger partial charge in [0.05, 0.1) is 5.54 Å². The summed E-state index contributed by atoms with van der Waals surface area (Å²) in [5.41, 5.74) is 3.40. The molecular formula is C33H63NO. The lowest BCUT2D eigenvalue weighted by atomic mass is 9.83. The molecule has 0 aliphatic rings. The highest BCUT2D eigenvalue weighted by Gasteiger charge is 2.33. The first-order valence-electron chi connectivity index (χ1n) is 14.5. The monoisotopic (exact) mass is 489 g/mol. The number of unbranched alkanes of at least 4 members (excludes halogenated alkanes) is 4. The maximum Gasteiger partial charge on any atom is 0.155 e. The van der Waals surface area contributed by atoms with E-state index in [0.717, 1.165) is 50.1 Å². The van der Waals surface area contributed by atoms with Gasteiger partial charge in [0.2, 0.25) is 0 Å². The predicted molar refractivity (Wildman–Crippen MR) is 161 cm³/mol. The summed E-state index contributed by atoms with van der Waals surface area (Å²) in [7, 11) is 0. The molecule has 1 aromatic carbocycles. The largest absolute Gasteiger partial charge is 0.377 e. The van der Waals surface area contributed by atoms with Crippen LogP contribution >= 0.6 is 0 Å². The summed E-state index contributed by atoms with van der Waals surface area (Å²) in [6.45, 7) is 27.0. The number of Topliss-reactive ketones (excluding diaryl/α,β-unsaturated/α-hetero) is 1. The number of hydrogen-bond acceptors (Lipinski definition) is 2. The summed E-state index contributed by atoms with van der Waals surface area (Å²) in [4.78, 5) is 11.9. The number of carbonyl (C=O) groups excluding carboxylic acids is 1. The SMILES string of the molecule is C=C(C)NC(CCCC)(CCCC)C(C)=O.CC(C)C.CCC.CCCCCc1cccc(C)c1. The molecule has 0 saturated heterocycles. The zero-order chi connectivity index (χ0) is 27.7. The van der Waals surface area contributed by atoms with Crippen molar-refractivity contribution < 1.29 is 4.79 Å². The second kappa shape index (κ2) is 25.5. The average molecular weight is 490 g/mol. The predicted octanol–water partition coefficient (Wildman–Crippen LogP) is 10.6. The first-order chi connectivity index (χ1) is 16.5. The molecule has 206 valence electrons. The maximum atomic E-state index is 11.9. The van der Waals surface area contributed by atoms with Crippen molar-refractivity contribution in [3.63, 3.8) is 0 Å². The number of rotatable bonds is 13. The standard InChI is InChI=1S/C14H27NO.C12H18.C4H10.C3H8/c1-6-8-10-14(13(5)16,11-9-7-2)15-12(3)4;1-3-4-5-8-12-9-6-7-11(2)10-12;1-4(2)3;1-3-2/h15H,3,6-11H2,1-2,4-5H3;6-7,9-10H,3-5,8H2,1-2H3;4H,1-3H3;3H2,1-2H3. The van der Waals surface area contributed by atoms with E-state index in [-0.39, 0.29) is 11.3 Å². The number of benzene rings is 1. The van der Waals surface area contributed by atoms with E-state index in [1.54, 1.807) is 6.92 Å². The van der Waals surface area contributed by atoms with Crippen LogP contribution in [0.15, 0.2) is 36.5 Å². The average Bonchev–Trinajstić information content (AvgIpc) is 2.76. The lowest BCUT2D eigenvalue weighted by Gasteiger charge is -2.34. The Morgan fingerprint density at radius 1 is 0.886 bits per heavy atom. The molecule has 1 N–H and O–H groups in total. The Morgan fingerprint density at radius 3 is 1.69 bits per heavy atom. The van der Waals surface area contributed by atoms with Crippen LogP contribution in [-0.4, -0.2) is 11.3 Å². The zero-order valence-electron chi connectivity index (χ0n) is 25.8. The highest BCUT2D eigenvalue weighted by Crippen LogP contribution is 2.24. The Kier molecular flexibility index (Phi) is 27.7. The third-order valence-electron chi connectivity index (χ3n) is 5.19.